The van der Waals surface area contributed by atoms with E-state index in [4.69, 9.17) is 0 Å². The molecule has 2 atom stereocenters. The maximum Gasteiger partial charge on any atom is 0.266 e. The highest BCUT2D eigenvalue weighted by molar-refractivity contribution is 8.00. The van der Waals surface area contributed by atoms with E-state index < -0.39 is 0 Å². The Labute approximate surface area is 157 Å². The number of hydrogen-bond acceptors (Lipinski definition) is 4. The van der Waals surface area contributed by atoms with Crippen molar-refractivity contribution in [3.8, 4) is 11.8 Å². The highest BCUT2D eigenvalue weighted by atomic mass is 32.2. The molecule has 26 heavy (non-hydrogen) atoms. The van der Waals surface area contributed by atoms with Gasteiger partial charge in [0.2, 0.25) is 0 Å². The smallest absolute Gasteiger partial charge is 0.266 e. The second kappa shape index (κ2) is 7.76. The van der Waals surface area contributed by atoms with Gasteiger partial charge in [-0.25, -0.2) is 4.98 Å². The van der Waals surface area contributed by atoms with Gasteiger partial charge in [0, 0.05) is 0 Å². The normalized spacial score (nSPS) is 13.3. The van der Waals surface area contributed by atoms with Crippen molar-refractivity contribution in [2.45, 2.75) is 43.5 Å². The van der Waals surface area contributed by atoms with Crippen molar-refractivity contribution in [3.63, 3.8) is 0 Å². The molecule has 3 rings (SSSR count). The maximum atomic E-state index is 13.1. The molecule has 4 nitrogen and oxygen atoms in total. The Morgan fingerprint density at radius 3 is 2.50 bits per heavy atom. The van der Waals surface area contributed by atoms with Gasteiger partial charge in [0.05, 0.1) is 27.9 Å². The molecular formula is C21H21N3OS. The molecule has 1 heterocycles. The molecule has 0 aliphatic carbocycles. The van der Waals surface area contributed by atoms with Crippen LogP contribution in [0.2, 0.25) is 0 Å². The molecule has 1 aromatic heterocycles. The lowest BCUT2D eigenvalue weighted by Crippen LogP contribution is -2.22. The number of nitrogens with zero attached hydrogens (tertiary/aromatic N) is 3. The Kier molecular flexibility index (Phi) is 5.43. The van der Waals surface area contributed by atoms with Crippen molar-refractivity contribution in [3.05, 3.63) is 64.4 Å². The molecule has 0 saturated carbocycles. The SMILES string of the molecule is CC[C@H](C)c1ccc(-n2c(S[C@H](C)C#N)nc3ccccc3c2=O)cc1. The van der Waals surface area contributed by atoms with Crippen LogP contribution in [-0.2, 0) is 0 Å². The summed E-state index contributed by atoms with van der Waals surface area (Å²) in [5, 5.41) is 10.00. The van der Waals surface area contributed by atoms with E-state index in [1.807, 2.05) is 37.3 Å². The van der Waals surface area contributed by atoms with Crippen LogP contribution in [-0.4, -0.2) is 14.8 Å². The maximum absolute atomic E-state index is 13.1. The lowest BCUT2D eigenvalue weighted by molar-refractivity contribution is 0.732. The van der Waals surface area contributed by atoms with Crippen molar-refractivity contribution < 1.29 is 0 Å². The Hall–Kier alpha value is -2.58. The van der Waals surface area contributed by atoms with Gasteiger partial charge >= 0.3 is 0 Å². The van der Waals surface area contributed by atoms with E-state index in [1.54, 1.807) is 10.6 Å². The molecule has 0 unspecified atom stereocenters. The number of rotatable bonds is 5. The number of fused-ring (bicyclic) bond motifs is 1. The molecule has 3 aromatic rings. The van der Waals surface area contributed by atoms with Gasteiger partial charge < -0.3 is 0 Å². The Bertz CT molecular complexity index is 1020. The first-order valence-corrected chi connectivity index (χ1v) is 9.61. The van der Waals surface area contributed by atoms with E-state index >= 15 is 0 Å². The minimum Gasteiger partial charge on any atom is -0.268 e. The van der Waals surface area contributed by atoms with Gasteiger partial charge in [-0.3, -0.25) is 9.36 Å². The van der Waals surface area contributed by atoms with Gasteiger partial charge in [-0.1, -0.05) is 49.9 Å². The van der Waals surface area contributed by atoms with Gasteiger partial charge in [-0.15, -0.1) is 0 Å². The predicted molar refractivity (Wildman–Crippen MR) is 107 cm³/mol. The lowest BCUT2D eigenvalue weighted by atomic mass is 9.98. The number of thioether (sulfide) groups is 1. The third-order valence-corrected chi connectivity index (χ3v) is 5.49. The first kappa shape index (κ1) is 18.2. The third-order valence-electron chi connectivity index (χ3n) is 4.54. The minimum absolute atomic E-state index is 0.112. The van der Waals surface area contributed by atoms with Crippen LogP contribution in [0.25, 0.3) is 16.6 Å². The van der Waals surface area contributed by atoms with Crippen molar-refractivity contribution in [2.75, 3.05) is 0 Å². The van der Waals surface area contributed by atoms with Gasteiger partial charge in [-0.2, -0.15) is 5.26 Å². The summed E-state index contributed by atoms with van der Waals surface area (Å²) < 4.78 is 1.61. The third kappa shape index (κ3) is 3.51. The highest BCUT2D eigenvalue weighted by Gasteiger charge is 2.16. The molecule has 0 spiro atoms. The van der Waals surface area contributed by atoms with Crippen LogP contribution in [0.3, 0.4) is 0 Å². The first-order chi connectivity index (χ1) is 12.5. The quantitative estimate of drug-likeness (QED) is 0.478. The molecule has 0 aliphatic heterocycles. The largest absolute Gasteiger partial charge is 0.268 e. The van der Waals surface area contributed by atoms with Gasteiger partial charge in [-0.05, 0) is 49.1 Å². The molecule has 5 heteroatoms. The van der Waals surface area contributed by atoms with Crippen LogP contribution < -0.4 is 5.56 Å². The summed E-state index contributed by atoms with van der Waals surface area (Å²) >= 11 is 1.30. The fraction of sp³-hybridized carbons (Fsp3) is 0.286. The lowest BCUT2D eigenvalue weighted by Gasteiger charge is -2.15. The summed E-state index contributed by atoms with van der Waals surface area (Å²) in [4.78, 5) is 17.8. The fourth-order valence-corrected chi connectivity index (χ4v) is 3.60. The van der Waals surface area contributed by atoms with Gasteiger partial charge in [0.1, 0.15) is 0 Å². The topological polar surface area (TPSA) is 58.7 Å². The summed E-state index contributed by atoms with van der Waals surface area (Å²) in [5.74, 6) is 0.475. The molecule has 0 fully saturated rings. The molecule has 0 radical (unpaired) electrons. The summed E-state index contributed by atoms with van der Waals surface area (Å²) in [5.41, 5.74) is 2.56. The van der Waals surface area contributed by atoms with Crippen molar-refractivity contribution in [1.29, 1.82) is 5.26 Å². The number of aromatic nitrogens is 2. The van der Waals surface area contributed by atoms with E-state index in [2.05, 4.69) is 37.0 Å². The standard InChI is InChI=1S/C21H21N3OS/c1-4-14(2)16-9-11-17(12-10-16)24-20(25)18-7-5-6-8-19(18)23-21(24)26-15(3)13-22/h5-12,14-15H,4H2,1-3H3/t14-,15+/m0/s1. The zero-order valence-electron chi connectivity index (χ0n) is 15.1. The number of hydrogen-bond donors (Lipinski definition) is 0. The van der Waals surface area contributed by atoms with Crippen molar-refractivity contribution >= 4 is 22.7 Å². The highest BCUT2D eigenvalue weighted by Crippen LogP contribution is 2.26. The average molecular weight is 363 g/mol. The second-order valence-electron chi connectivity index (χ2n) is 6.34. The summed E-state index contributed by atoms with van der Waals surface area (Å²) in [6.45, 7) is 6.16. The molecule has 0 saturated heterocycles. The summed E-state index contributed by atoms with van der Waals surface area (Å²) in [6.07, 6.45) is 1.07. The number of benzene rings is 2. The monoisotopic (exact) mass is 363 g/mol. The summed E-state index contributed by atoms with van der Waals surface area (Å²) in [7, 11) is 0. The van der Waals surface area contributed by atoms with Gasteiger partial charge in [0.15, 0.2) is 5.16 Å². The van der Waals surface area contributed by atoms with Crippen molar-refractivity contribution in [2.24, 2.45) is 0 Å². The van der Waals surface area contributed by atoms with Crippen LogP contribution >= 0.6 is 11.8 Å². The van der Waals surface area contributed by atoms with E-state index in [9.17, 15) is 10.1 Å². The fourth-order valence-electron chi connectivity index (χ4n) is 2.79. The second-order valence-corrected chi connectivity index (χ2v) is 7.65. The van der Waals surface area contributed by atoms with Crippen LogP contribution in [0.1, 0.15) is 38.7 Å². The van der Waals surface area contributed by atoms with Crippen LogP contribution in [0.5, 0.6) is 0 Å². The van der Waals surface area contributed by atoms with Crippen molar-refractivity contribution in [1.82, 2.24) is 9.55 Å². The average Bonchev–Trinajstić information content (AvgIpc) is 2.67. The minimum atomic E-state index is -0.298. The van der Waals surface area contributed by atoms with E-state index in [-0.39, 0.29) is 10.8 Å². The zero-order valence-corrected chi connectivity index (χ0v) is 16.0. The molecule has 0 bridgehead atoms. The molecule has 0 aliphatic rings. The van der Waals surface area contributed by atoms with E-state index in [0.717, 1.165) is 12.1 Å². The molecule has 0 amide bonds. The first-order valence-electron chi connectivity index (χ1n) is 8.73. The van der Waals surface area contributed by atoms with Crippen LogP contribution in [0.15, 0.2) is 58.5 Å². The van der Waals surface area contributed by atoms with Crippen LogP contribution in [0, 0.1) is 11.3 Å². The molecule has 0 N–H and O–H groups in total. The Morgan fingerprint density at radius 2 is 1.85 bits per heavy atom. The Morgan fingerprint density at radius 1 is 1.15 bits per heavy atom. The summed E-state index contributed by atoms with van der Waals surface area (Å²) in [6, 6.07) is 17.6. The van der Waals surface area contributed by atoms with E-state index in [0.29, 0.717) is 22.0 Å². The molecule has 132 valence electrons. The number of nitriles is 1. The van der Waals surface area contributed by atoms with Gasteiger partial charge in [0.25, 0.3) is 5.56 Å². The Balaban J connectivity index is 2.19. The van der Waals surface area contributed by atoms with Crippen LogP contribution in [0.4, 0.5) is 0 Å². The predicted octanol–water partition coefficient (Wildman–Crippen LogP) is 4.90. The van der Waals surface area contributed by atoms with E-state index in [1.165, 1.54) is 17.3 Å². The number of para-hydroxylation sites is 1. The molecule has 2 aromatic carbocycles. The zero-order chi connectivity index (χ0) is 18.7. The molecular weight excluding hydrogens is 342 g/mol.